The average molecular weight is 481 g/mol. The van der Waals surface area contributed by atoms with Crippen molar-refractivity contribution in [3.8, 4) is 0 Å². The quantitative estimate of drug-likeness (QED) is 0.390. The standard InChI is InChI=1S/C18H24Cl3N5O4/c1-11(24-15(27)13(22)8-12-4-2-6-23-9-12)16(28)26-7-3-5-14(25-26)17(29)30-10-18(19,20)21/h2,4,6,9,11,13-14,25H,3,5,7-8,10,22H2,1H3,(H,24,27). The summed E-state index contributed by atoms with van der Waals surface area (Å²) < 4.78 is 3.25. The van der Waals surface area contributed by atoms with E-state index in [1.54, 1.807) is 25.4 Å². The van der Waals surface area contributed by atoms with Gasteiger partial charge in [-0.3, -0.25) is 24.4 Å². The lowest BCUT2D eigenvalue weighted by molar-refractivity contribution is -0.152. The Kier molecular flexibility index (Phi) is 9.11. The lowest BCUT2D eigenvalue weighted by Gasteiger charge is -2.34. The normalized spacial score (nSPS) is 19.0. The second-order valence-electron chi connectivity index (χ2n) is 6.94. The Morgan fingerprint density at radius 2 is 2.17 bits per heavy atom. The largest absolute Gasteiger partial charge is 0.460 e. The lowest BCUT2D eigenvalue weighted by atomic mass is 10.1. The van der Waals surface area contributed by atoms with E-state index in [2.05, 4.69) is 15.7 Å². The zero-order valence-electron chi connectivity index (χ0n) is 16.3. The molecule has 166 valence electrons. The number of hydrogen-bond donors (Lipinski definition) is 3. The fourth-order valence-electron chi connectivity index (χ4n) is 2.85. The van der Waals surface area contributed by atoms with Crippen LogP contribution in [0.3, 0.4) is 0 Å². The number of amides is 2. The van der Waals surface area contributed by atoms with Crippen molar-refractivity contribution >= 4 is 52.6 Å². The van der Waals surface area contributed by atoms with E-state index in [1.807, 2.05) is 6.07 Å². The summed E-state index contributed by atoms with van der Waals surface area (Å²) in [6.07, 6.45) is 4.57. The van der Waals surface area contributed by atoms with E-state index in [4.69, 9.17) is 45.3 Å². The first kappa shape index (κ1) is 24.6. The summed E-state index contributed by atoms with van der Waals surface area (Å²) in [7, 11) is 0. The minimum absolute atomic E-state index is 0.291. The van der Waals surface area contributed by atoms with Crippen molar-refractivity contribution in [1.82, 2.24) is 20.7 Å². The molecule has 0 bridgehead atoms. The summed E-state index contributed by atoms with van der Waals surface area (Å²) in [4.78, 5) is 41.1. The van der Waals surface area contributed by atoms with Crippen LogP contribution < -0.4 is 16.5 Å². The van der Waals surface area contributed by atoms with Crippen LogP contribution >= 0.6 is 34.8 Å². The smallest absolute Gasteiger partial charge is 0.325 e. The van der Waals surface area contributed by atoms with Crippen LogP contribution in [0.4, 0.5) is 0 Å². The Labute approximate surface area is 189 Å². The van der Waals surface area contributed by atoms with E-state index in [-0.39, 0.29) is 0 Å². The van der Waals surface area contributed by atoms with Gasteiger partial charge >= 0.3 is 5.97 Å². The average Bonchev–Trinajstić information content (AvgIpc) is 2.71. The molecular weight excluding hydrogens is 457 g/mol. The molecule has 0 aromatic carbocycles. The van der Waals surface area contributed by atoms with Crippen molar-refractivity contribution in [3.63, 3.8) is 0 Å². The summed E-state index contributed by atoms with van der Waals surface area (Å²) >= 11 is 16.7. The molecule has 2 heterocycles. The van der Waals surface area contributed by atoms with Crippen LogP contribution in [0, 0.1) is 0 Å². The molecule has 1 aliphatic rings. The molecule has 1 aromatic heterocycles. The number of ether oxygens (including phenoxy) is 1. The molecule has 0 spiro atoms. The van der Waals surface area contributed by atoms with Gasteiger partial charge in [0, 0.05) is 18.9 Å². The van der Waals surface area contributed by atoms with E-state index in [0.29, 0.717) is 25.8 Å². The third-order valence-corrected chi connectivity index (χ3v) is 4.69. The molecule has 1 saturated heterocycles. The van der Waals surface area contributed by atoms with Crippen molar-refractivity contribution in [3.05, 3.63) is 30.1 Å². The molecule has 4 N–H and O–H groups in total. The van der Waals surface area contributed by atoms with Crippen molar-refractivity contribution in [2.24, 2.45) is 5.73 Å². The number of halogens is 3. The number of alkyl halides is 3. The number of carbonyl (C=O) groups is 3. The maximum absolute atomic E-state index is 12.7. The van der Waals surface area contributed by atoms with Crippen LogP contribution in [0.25, 0.3) is 0 Å². The number of pyridine rings is 1. The molecule has 1 aromatic rings. The molecule has 1 aliphatic heterocycles. The Morgan fingerprint density at radius 1 is 1.43 bits per heavy atom. The first-order chi connectivity index (χ1) is 14.1. The summed E-state index contributed by atoms with van der Waals surface area (Å²) in [5.74, 6) is -1.50. The molecule has 0 radical (unpaired) electrons. The van der Waals surface area contributed by atoms with Gasteiger partial charge in [-0.05, 0) is 37.8 Å². The zero-order valence-corrected chi connectivity index (χ0v) is 18.6. The molecule has 3 unspecified atom stereocenters. The maximum atomic E-state index is 12.7. The SMILES string of the molecule is CC(NC(=O)C(N)Cc1cccnc1)C(=O)N1CCCC(C(=O)OCC(Cl)(Cl)Cl)N1. The van der Waals surface area contributed by atoms with Gasteiger partial charge in [0.2, 0.25) is 9.70 Å². The summed E-state index contributed by atoms with van der Waals surface area (Å²) in [6, 6.07) is 1.13. The highest BCUT2D eigenvalue weighted by Crippen LogP contribution is 2.26. The number of carbonyl (C=O) groups excluding carboxylic acids is 3. The van der Waals surface area contributed by atoms with Crippen LogP contribution in [0.2, 0.25) is 0 Å². The van der Waals surface area contributed by atoms with Crippen LogP contribution in [-0.4, -0.2) is 62.8 Å². The highest BCUT2D eigenvalue weighted by Gasteiger charge is 2.33. The first-order valence-corrected chi connectivity index (χ1v) is 10.5. The predicted molar refractivity (Wildman–Crippen MR) is 113 cm³/mol. The van der Waals surface area contributed by atoms with Crippen molar-refractivity contribution in [2.75, 3.05) is 13.2 Å². The minimum Gasteiger partial charge on any atom is -0.460 e. The van der Waals surface area contributed by atoms with E-state index >= 15 is 0 Å². The van der Waals surface area contributed by atoms with Gasteiger partial charge in [-0.1, -0.05) is 40.9 Å². The van der Waals surface area contributed by atoms with Crippen molar-refractivity contribution in [1.29, 1.82) is 0 Å². The third-order valence-electron chi connectivity index (χ3n) is 4.36. The van der Waals surface area contributed by atoms with Gasteiger partial charge < -0.3 is 15.8 Å². The van der Waals surface area contributed by atoms with E-state index in [1.165, 1.54) is 5.01 Å². The predicted octanol–water partition coefficient (Wildman–Crippen LogP) is 0.865. The molecule has 2 amide bonds. The van der Waals surface area contributed by atoms with Crippen molar-refractivity contribution in [2.45, 2.75) is 48.1 Å². The monoisotopic (exact) mass is 479 g/mol. The summed E-state index contributed by atoms with van der Waals surface area (Å²) in [5.41, 5.74) is 9.55. The Bertz CT molecular complexity index is 747. The number of hydrazine groups is 1. The Hall–Kier alpha value is -1.65. The number of aromatic nitrogens is 1. The van der Waals surface area contributed by atoms with Gasteiger partial charge in [-0.15, -0.1) is 0 Å². The van der Waals surface area contributed by atoms with Gasteiger partial charge in [-0.2, -0.15) is 0 Å². The lowest BCUT2D eigenvalue weighted by Crippen LogP contribution is -2.60. The number of nitrogens with two attached hydrogens (primary N) is 1. The molecule has 0 saturated carbocycles. The third kappa shape index (κ3) is 7.88. The van der Waals surface area contributed by atoms with E-state index in [9.17, 15) is 14.4 Å². The highest BCUT2D eigenvalue weighted by molar-refractivity contribution is 6.67. The van der Waals surface area contributed by atoms with Crippen LogP contribution in [-0.2, 0) is 25.5 Å². The molecule has 9 nitrogen and oxygen atoms in total. The number of nitrogens with zero attached hydrogens (tertiary/aromatic N) is 2. The van der Waals surface area contributed by atoms with Crippen LogP contribution in [0.1, 0.15) is 25.3 Å². The number of rotatable bonds is 7. The zero-order chi connectivity index (χ0) is 22.3. The van der Waals surface area contributed by atoms with Gasteiger partial charge in [0.25, 0.3) is 5.91 Å². The minimum atomic E-state index is -1.72. The van der Waals surface area contributed by atoms with E-state index < -0.39 is 46.3 Å². The summed E-state index contributed by atoms with van der Waals surface area (Å²) in [6.45, 7) is 1.52. The number of hydrogen-bond acceptors (Lipinski definition) is 7. The number of nitrogens with one attached hydrogen (secondary N) is 2. The maximum Gasteiger partial charge on any atom is 0.325 e. The van der Waals surface area contributed by atoms with Crippen LogP contribution in [0.5, 0.6) is 0 Å². The second-order valence-corrected chi connectivity index (χ2v) is 9.45. The molecule has 3 atom stereocenters. The van der Waals surface area contributed by atoms with E-state index in [0.717, 1.165) is 5.56 Å². The topological polar surface area (TPSA) is 127 Å². The van der Waals surface area contributed by atoms with Gasteiger partial charge in [0.05, 0.1) is 6.04 Å². The van der Waals surface area contributed by atoms with Gasteiger partial charge in [0.1, 0.15) is 18.7 Å². The Morgan fingerprint density at radius 3 is 2.80 bits per heavy atom. The van der Waals surface area contributed by atoms with Crippen LogP contribution in [0.15, 0.2) is 24.5 Å². The molecule has 2 rings (SSSR count). The molecule has 1 fully saturated rings. The fraction of sp³-hybridized carbons (Fsp3) is 0.556. The van der Waals surface area contributed by atoms with Gasteiger partial charge in [0.15, 0.2) is 0 Å². The van der Waals surface area contributed by atoms with Gasteiger partial charge in [-0.25, -0.2) is 5.43 Å². The molecular formula is C18H24Cl3N5O4. The Balaban J connectivity index is 1.85. The summed E-state index contributed by atoms with van der Waals surface area (Å²) in [5, 5.41) is 3.88. The molecule has 30 heavy (non-hydrogen) atoms. The van der Waals surface area contributed by atoms with Crippen molar-refractivity contribution < 1.29 is 19.1 Å². The fourth-order valence-corrected chi connectivity index (χ4v) is 3.01. The first-order valence-electron chi connectivity index (χ1n) is 9.32. The highest BCUT2D eigenvalue weighted by atomic mass is 35.6. The molecule has 12 heteroatoms. The second kappa shape index (κ2) is 11.1. The number of esters is 1. The molecule has 0 aliphatic carbocycles.